The molecule has 1 aliphatic heterocycles. The zero-order chi connectivity index (χ0) is 13.2. The van der Waals surface area contributed by atoms with Crippen LogP contribution < -0.4 is 19.7 Å². The van der Waals surface area contributed by atoms with Crippen molar-refractivity contribution in [2.24, 2.45) is 0 Å². The first-order chi connectivity index (χ1) is 9.33. The molecule has 2 atom stereocenters. The van der Waals surface area contributed by atoms with Gasteiger partial charge in [-0.05, 0) is 31.4 Å². The Hall–Kier alpha value is -1.42. The van der Waals surface area contributed by atoms with Gasteiger partial charge in [-0.25, -0.2) is 0 Å². The first-order valence-corrected chi connectivity index (χ1v) is 7.05. The lowest BCUT2D eigenvalue weighted by atomic mass is 10.1. The topological polar surface area (TPSA) is 33.7 Å². The van der Waals surface area contributed by atoms with Gasteiger partial charge in [-0.15, -0.1) is 0 Å². The summed E-state index contributed by atoms with van der Waals surface area (Å²) >= 11 is 0. The zero-order valence-electron chi connectivity index (χ0n) is 11.7. The minimum Gasteiger partial charge on any atom is -0.497 e. The Kier molecular flexibility index (Phi) is 3.51. The second kappa shape index (κ2) is 5.29. The fourth-order valence-electron chi connectivity index (χ4n) is 3.41. The van der Waals surface area contributed by atoms with Crippen LogP contribution in [0.4, 0.5) is 5.69 Å². The second-order valence-electron chi connectivity index (χ2n) is 5.29. The van der Waals surface area contributed by atoms with Crippen molar-refractivity contribution in [1.82, 2.24) is 5.32 Å². The zero-order valence-corrected chi connectivity index (χ0v) is 11.7. The maximum absolute atomic E-state index is 5.53. The Balaban J connectivity index is 1.95. The molecule has 2 aliphatic rings. The van der Waals surface area contributed by atoms with Crippen LogP contribution in [0.15, 0.2) is 18.2 Å². The normalized spacial score (nSPS) is 26.1. The van der Waals surface area contributed by atoms with Gasteiger partial charge >= 0.3 is 0 Å². The molecule has 3 rings (SSSR count). The van der Waals surface area contributed by atoms with Crippen molar-refractivity contribution in [3.05, 3.63) is 18.2 Å². The molecule has 0 spiro atoms. The average Bonchev–Trinajstić information content (AvgIpc) is 2.94. The van der Waals surface area contributed by atoms with Crippen LogP contribution >= 0.6 is 0 Å². The van der Waals surface area contributed by atoms with Gasteiger partial charge in [-0.1, -0.05) is 0 Å². The fraction of sp³-hybridized carbons (Fsp3) is 0.600. The Morgan fingerprint density at radius 2 is 2.11 bits per heavy atom. The van der Waals surface area contributed by atoms with Crippen molar-refractivity contribution in [3.8, 4) is 11.5 Å². The van der Waals surface area contributed by atoms with Gasteiger partial charge in [0.15, 0.2) is 0 Å². The predicted octanol–water partition coefficient (Wildman–Crippen LogP) is 2.03. The van der Waals surface area contributed by atoms with Gasteiger partial charge in [0.1, 0.15) is 11.5 Å². The molecule has 1 N–H and O–H groups in total. The summed E-state index contributed by atoms with van der Waals surface area (Å²) in [4.78, 5) is 2.50. The average molecular weight is 262 g/mol. The number of anilines is 1. The van der Waals surface area contributed by atoms with E-state index < -0.39 is 0 Å². The molecule has 1 aromatic carbocycles. The van der Waals surface area contributed by atoms with Crippen LogP contribution in [-0.2, 0) is 0 Å². The summed E-state index contributed by atoms with van der Waals surface area (Å²) < 4.78 is 10.9. The number of hydrogen-bond acceptors (Lipinski definition) is 4. The molecule has 1 heterocycles. The number of piperazine rings is 1. The smallest absolute Gasteiger partial charge is 0.142 e. The van der Waals surface area contributed by atoms with Crippen molar-refractivity contribution >= 4 is 5.69 Å². The molecule has 1 saturated heterocycles. The minimum absolute atomic E-state index is 0.592. The number of ether oxygens (including phenoxy) is 2. The number of hydrogen-bond donors (Lipinski definition) is 1. The largest absolute Gasteiger partial charge is 0.497 e. The van der Waals surface area contributed by atoms with E-state index in [9.17, 15) is 0 Å². The number of nitrogens with one attached hydrogen (secondary N) is 1. The first kappa shape index (κ1) is 12.6. The molecule has 0 amide bonds. The van der Waals surface area contributed by atoms with Crippen LogP contribution in [0.25, 0.3) is 0 Å². The second-order valence-corrected chi connectivity index (χ2v) is 5.29. The van der Waals surface area contributed by atoms with Crippen molar-refractivity contribution in [2.75, 3.05) is 32.2 Å². The molecule has 1 saturated carbocycles. The quantitative estimate of drug-likeness (QED) is 0.904. The summed E-state index contributed by atoms with van der Waals surface area (Å²) in [5.74, 6) is 1.83. The van der Waals surface area contributed by atoms with E-state index in [0.29, 0.717) is 12.1 Å². The number of rotatable bonds is 3. The van der Waals surface area contributed by atoms with E-state index in [1.54, 1.807) is 14.2 Å². The monoisotopic (exact) mass is 262 g/mol. The van der Waals surface area contributed by atoms with E-state index in [1.165, 1.54) is 24.9 Å². The van der Waals surface area contributed by atoms with Gasteiger partial charge in [0.25, 0.3) is 0 Å². The maximum Gasteiger partial charge on any atom is 0.142 e. The molecule has 0 aromatic heterocycles. The van der Waals surface area contributed by atoms with Crippen LogP contribution in [0.2, 0.25) is 0 Å². The molecule has 104 valence electrons. The van der Waals surface area contributed by atoms with Gasteiger partial charge in [-0.2, -0.15) is 0 Å². The van der Waals surface area contributed by atoms with E-state index >= 15 is 0 Å². The molecule has 1 aliphatic carbocycles. The molecule has 0 bridgehead atoms. The molecule has 19 heavy (non-hydrogen) atoms. The molecule has 1 aromatic rings. The van der Waals surface area contributed by atoms with E-state index in [0.717, 1.165) is 24.6 Å². The summed E-state index contributed by atoms with van der Waals surface area (Å²) in [6, 6.07) is 7.27. The number of methoxy groups -OCH3 is 2. The van der Waals surface area contributed by atoms with Crippen molar-refractivity contribution in [1.29, 1.82) is 0 Å². The van der Waals surface area contributed by atoms with Crippen molar-refractivity contribution in [3.63, 3.8) is 0 Å². The van der Waals surface area contributed by atoms with Gasteiger partial charge < -0.3 is 19.7 Å². The highest BCUT2D eigenvalue weighted by Gasteiger charge is 2.36. The molecule has 4 heteroatoms. The SMILES string of the molecule is COc1ccc(OC)c(N2CCN[C@H]3CCC[C@@H]32)c1. The highest BCUT2D eigenvalue weighted by atomic mass is 16.5. The third-order valence-electron chi connectivity index (χ3n) is 4.33. The molecule has 0 radical (unpaired) electrons. The maximum atomic E-state index is 5.53. The van der Waals surface area contributed by atoms with Crippen LogP contribution in [0.3, 0.4) is 0 Å². The summed E-state index contributed by atoms with van der Waals surface area (Å²) in [6.07, 6.45) is 3.86. The molecule has 2 fully saturated rings. The Labute approximate surface area is 114 Å². The lowest BCUT2D eigenvalue weighted by Gasteiger charge is -2.40. The van der Waals surface area contributed by atoms with E-state index in [1.807, 2.05) is 12.1 Å². The lowest BCUT2D eigenvalue weighted by Crippen LogP contribution is -2.55. The van der Waals surface area contributed by atoms with Crippen molar-refractivity contribution in [2.45, 2.75) is 31.3 Å². The summed E-state index contributed by atoms with van der Waals surface area (Å²) in [5, 5.41) is 3.63. The molecule has 0 unspecified atom stereocenters. The highest BCUT2D eigenvalue weighted by Crippen LogP contribution is 2.37. The number of benzene rings is 1. The molecular weight excluding hydrogens is 240 g/mol. The Morgan fingerprint density at radius 1 is 1.21 bits per heavy atom. The summed E-state index contributed by atoms with van der Waals surface area (Å²) in [5.41, 5.74) is 1.17. The van der Waals surface area contributed by atoms with Crippen LogP contribution in [0.5, 0.6) is 11.5 Å². The lowest BCUT2D eigenvalue weighted by molar-refractivity contribution is 0.382. The van der Waals surface area contributed by atoms with Gasteiger partial charge in [-0.3, -0.25) is 0 Å². The highest BCUT2D eigenvalue weighted by molar-refractivity contribution is 5.63. The number of nitrogens with zero attached hydrogens (tertiary/aromatic N) is 1. The fourth-order valence-corrected chi connectivity index (χ4v) is 3.41. The van der Waals surface area contributed by atoms with Crippen LogP contribution in [-0.4, -0.2) is 39.4 Å². The Morgan fingerprint density at radius 3 is 2.89 bits per heavy atom. The number of fused-ring (bicyclic) bond motifs is 1. The third-order valence-corrected chi connectivity index (χ3v) is 4.33. The van der Waals surface area contributed by atoms with Crippen LogP contribution in [0.1, 0.15) is 19.3 Å². The first-order valence-electron chi connectivity index (χ1n) is 7.05. The third kappa shape index (κ3) is 2.25. The van der Waals surface area contributed by atoms with E-state index in [4.69, 9.17) is 9.47 Å². The van der Waals surface area contributed by atoms with E-state index in [2.05, 4.69) is 16.3 Å². The summed E-state index contributed by atoms with van der Waals surface area (Å²) in [7, 11) is 3.45. The van der Waals surface area contributed by atoms with Crippen LogP contribution in [0, 0.1) is 0 Å². The standard InChI is InChI=1S/C15H22N2O2/c1-18-11-6-7-15(19-2)14(10-11)17-9-8-16-12-4-3-5-13(12)17/h6-7,10,12-13,16H,3-5,8-9H2,1-2H3/t12-,13-/m0/s1. The Bertz CT molecular complexity index is 450. The van der Waals surface area contributed by atoms with E-state index in [-0.39, 0.29) is 0 Å². The van der Waals surface area contributed by atoms with Gasteiger partial charge in [0.2, 0.25) is 0 Å². The van der Waals surface area contributed by atoms with Crippen molar-refractivity contribution < 1.29 is 9.47 Å². The predicted molar refractivity (Wildman–Crippen MR) is 76.3 cm³/mol. The molecule has 4 nitrogen and oxygen atoms in total. The van der Waals surface area contributed by atoms with Gasteiger partial charge in [0.05, 0.1) is 19.9 Å². The van der Waals surface area contributed by atoms with Gasteiger partial charge in [0, 0.05) is 31.2 Å². The summed E-state index contributed by atoms with van der Waals surface area (Å²) in [6.45, 7) is 2.08. The molecular formula is C15H22N2O2. The minimum atomic E-state index is 0.592.